The monoisotopic (exact) mass is 231 g/mol. The molecule has 0 radical (unpaired) electrons. The van der Waals surface area contributed by atoms with Crippen molar-refractivity contribution in [3.63, 3.8) is 0 Å². The summed E-state index contributed by atoms with van der Waals surface area (Å²) in [5.41, 5.74) is 2.34. The topological polar surface area (TPSA) is 63.3 Å². The lowest BCUT2D eigenvalue weighted by Gasteiger charge is -2.22. The molecule has 4 nitrogen and oxygen atoms in total. The second-order valence-electron chi connectivity index (χ2n) is 4.56. The number of benzene rings is 1. The minimum atomic E-state index is -0.848. The van der Waals surface area contributed by atoms with Gasteiger partial charge in [-0.25, -0.2) is 0 Å². The van der Waals surface area contributed by atoms with Crippen molar-refractivity contribution >= 4 is 16.9 Å². The number of carboxylic acid groups (broad SMARTS) is 1. The lowest BCUT2D eigenvalue weighted by atomic mass is 9.82. The van der Waals surface area contributed by atoms with Crippen LogP contribution >= 0.6 is 0 Å². The first-order valence-corrected chi connectivity index (χ1v) is 5.84. The Morgan fingerprint density at radius 2 is 2.29 bits per heavy atom. The average Bonchev–Trinajstić information content (AvgIpc) is 2.60. The number of aliphatic carboxylic acids is 1. The molecule has 1 heterocycles. The van der Waals surface area contributed by atoms with Gasteiger partial charge in [-0.2, -0.15) is 0 Å². The molecule has 88 valence electrons. The third-order valence-electron chi connectivity index (χ3n) is 3.44. The minimum Gasteiger partial charge on any atom is -0.481 e. The van der Waals surface area contributed by atoms with Gasteiger partial charge in [0.05, 0.1) is 12.1 Å². The lowest BCUT2D eigenvalue weighted by molar-refractivity contribution is -0.136. The van der Waals surface area contributed by atoms with Crippen LogP contribution in [-0.4, -0.2) is 16.2 Å². The maximum absolute atomic E-state index is 10.8. The highest BCUT2D eigenvalue weighted by atomic mass is 16.5. The summed E-state index contributed by atoms with van der Waals surface area (Å²) in [6, 6.07) is 5.62. The van der Waals surface area contributed by atoms with Gasteiger partial charge >= 0.3 is 5.97 Å². The Kier molecular flexibility index (Phi) is 2.35. The van der Waals surface area contributed by atoms with E-state index in [-0.39, 0.29) is 6.42 Å². The van der Waals surface area contributed by atoms with Crippen molar-refractivity contribution in [2.45, 2.75) is 31.6 Å². The third kappa shape index (κ3) is 1.69. The number of carbonyl (C=O) groups is 1. The summed E-state index contributed by atoms with van der Waals surface area (Å²) in [7, 11) is 0. The van der Waals surface area contributed by atoms with Crippen LogP contribution < -0.4 is 0 Å². The fourth-order valence-electron chi connectivity index (χ4n) is 2.32. The summed E-state index contributed by atoms with van der Waals surface area (Å²) in [6.45, 7) is 0. The highest BCUT2D eigenvalue weighted by Gasteiger charge is 2.25. The quantitative estimate of drug-likeness (QED) is 0.882. The van der Waals surface area contributed by atoms with Crippen molar-refractivity contribution in [2.24, 2.45) is 0 Å². The van der Waals surface area contributed by atoms with E-state index in [0.717, 1.165) is 23.9 Å². The van der Waals surface area contributed by atoms with Gasteiger partial charge in [0.2, 0.25) is 0 Å². The number of rotatable bonds is 3. The van der Waals surface area contributed by atoms with Gasteiger partial charge in [-0.1, -0.05) is 23.7 Å². The fourth-order valence-corrected chi connectivity index (χ4v) is 2.32. The molecule has 1 fully saturated rings. The number of carboxylic acids is 1. The summed E-state index contributed by atoms with van der Waals surface area (Å²) in [5.74, 6) is -0.351. The lowest BCUT2D eigenvalue weighted by Crippen LogP contribution is -2.09. The Morgan fingerprint density at radius 1 is 1.47 bits per heavy atom. The predicted octanol–water partition coefficient (Wildman–Crippen LogP) is 2.72. The molecule has 0 unspecified atom stereocenters. The van der Waals surface area contributed by atoms with Crippen molar-refractivity contribution in [1.82, 2.24) is 5.16 Å². The van der Waals surface area contributed by atoms with Crippen LogP contribution in [0.5, 0.6) is 0 Å². The van der Waals surface area contributed by atoms with Crippen LogP contribution in [0.25, 0.3) is 11.0 Å². The van der Waals surface area contributed by atoms with E-state index in [4.69, 9.17) is 9.63 Å². The van der Waals surface area contributed by atoms with E-state index in [1.165, 1.54) is 6.42 Å². The maximum Gasteiger partial charge on any atom is 0.307 e. The second-order valence-corrected chi connectivity index (χ2v) is 4.56. The summed E-state index contributed by atoms with van der Waals surface area (Å²) in [4.78, 5) is 10.8. The molecule has 1 aromatic carbocycles. The standard InChI is InChI=1S/C13H13NO3/c15-11(16)7-9-5-2-6-10-12(8-3-1-4-8)14-17-13(9)10/h2,5-6,8H,1,3-4,7H2,(H,15,16). The van der Waals surface area contributed by atoms with E-state index < -0.39 is 5.97 Å². The number of hydrogen-bond donors (Lipinski definition) is 1. The number of aromatic nitrogens is 1. The van der Waals surface area contributed by atoms with Gasteiger partial charge in [0.25, 0.3) is 0 Å². The first kappa shape index (κ1) is 10.3. The Bertz CT molecular complexity index is 569. The molecule has 1 N–H and O–H groups in total. The molecule has 3 rings (SSSR count). The normalized spacial score (nSPS) is 16.0. The van der Waals surface area contributed by atoms with Crippen LogP contribution in [0, 0.1) is 0 Å². The fraction of sp³-hybridized carbons (Fsp3) is 0.385. The molecule has 0 saturated heterocycles. The zero-order valence-corrected chi connectivity index (χ0v) is 9.35. The smallest absolute Gasteiger partial charge is 0.307 e. The SMILES string of the molecule is O=C(O)Cc1cccc2c(C3CCC3)noc12. The van der Waals surface area contributed by atoms with Gasteiger partial charge in [-0.05, 0) is 18.9 Å². The van der Waals surface area contributed by atoms with Gasteiger partial charge in [0, 0.05) is 16.9 Å². The van der Waals surface area contributed by atoms with Crippen LogP contribution in [0.1, 0.15) is 36.4 Å². The molecular weight excluding hydrogens is 218 g/mol. The summed E-state index contributed by atoms with van der Waals surface area (Å²) < 4.78 is 5.32. The number of nitrogens with zero attached hydrogens (tertiary/aromatic N) is 1. The molecule has 0 amide bonds. The van der Waals surface area contributed by atoms with E-state index in [1.54, 1.807) is 6.07 Å². The number of para-hydroxylation sites is 1. The highest BCUT2D eigenvalue weighted by Crippen LogP contribution is 2.39. The van der Waals surface area contributed by atoms with Crippen molar-refractivity contribution in [1.29, 1.82) is 0 Å². The highest BCUT2D eigenvalue weighted by molar-refractivity contribution is 5.86. The largest absolute Gasteiger partial charge is 0.481 e. The van der Waals surface area contributed by atoms with Crippen LogP contribution in [0.4, 0.5) is 0 Å². The minimum absolute atomic E-state index is 0.0172. The summed E-state index contributed by atoms with van der Waals surface area (Å²) in [5, 5.41) is 13.9. The number of fused-ring (bicyclic) bond motifs is 1. The van der Waals surface area contributed by atoms with E-state index in [9.17, 15) is 4.79 Å². The van der Waals surface area contributed by atoms with Crippen LogP contribution in [0.3, 0.4) is 0 Å². The van der Waals surface area contributed by atoms with Crippen molar-refractivity contribution < 1.29 is 14.4 Å². The zero-order valence-electron chi connectivity index (χ0n) is 9.35. The molecule has 1 aromatic heterocycles. The Hall–Kier alpha value is -1.84. The van der Waals surface area contributed by atoms with Gasteiger partial charge in [0.15, 0.2) is 5.58 Å². The molecule has 4 heteroatoms. The molecule has 0 atom stereocenters. The summed E-state index contributed by atoms with van der Waals surface area (Å²) in [6.07, 6.45) is 3.54. The van der Waals surface area contributed by atoms with E-state index in [1.807, 2.05) is 12.1 Å². The summed E-state index contributed by atoms with van der Waals surface area (Å²) >= 11 is 0. The molecule has 1 aliphatic carbocycles. The first-order valence-electron chi connectivity index (χ1n) is 5.84. The van der Waals surface area contributed by atoms with Crippen LogP contribution in [0.2, 0.25) is 0 Å². The van der Waals surface area contributed by atoms with Crippen molar-refractivity contribution in [3.8, 4) is 0 Å². The van der Waals surface area contributed by atoms with Gasteiger partial charge in [0.1, 0.15) is 0 Å². The molecular formula is C13H13NO3. The Morgan fingerprint density at radius 3 is 2.94 bits per heavy atom. The maximum atomic E-state index is 10.8. The molecule has 1 aliphatic rings. The number of hydrogen-bond acceptors (Lipinski definition) is 3. The molecule has 2 aromatic rings. The van der Waals surface area contributed by atoms with Crippen molar-refractivity contribution in [2.75, 3.05) is 0 Å². The third-order valence-corrected chi connectivity index (χ3v) is 3.44. The van der Waals surface area contributed by atoms with E-state index >= 15 is 0 Å². The average molecular weight is 231 g/mol. The van der Waals surface area contributed by atoms with Crippen LogP contribution in [-0.2, 0) is 11.2 Å². The molecule has 0 bridgehead atoms. The van der Waals surface area contributed by atoms with Gasteiger partial charge in [-0.15, -0.1) is 0 Å². The van der Waals surface area contributed by atoms with Crippen molar-refractivity contribution in [3.05, 3.63) is 29.5 Å². The Balaban J connectivity index is 2.07. The Labute approximate surface area is 98.2 Å². The second kappa shape index (κ2) is 3.87. The predicted molar refractivity (Wildman–Crippen MR) is 61.9 cm³/mol. The first-order chi connectivity index (χ1) is 8.25. The van der Waals surface area contributed by atoms with Crippen LogP contribution in [0.15, 0.2) is 22.7 Å². The molecule has 0 spiro atoms. The van der Waals surface area contributed by atoms with Gasteiger partial charge < -0.3 is 9.63 Å². The molecule has 17 heavy (non-hydrogen) atoms. The molecule has 0 aliphatic heterocycles. The van der Waals surface area contributed by atoms with E-state index in [0.29, 0.717) is 17.1 Å². The van der Waals surface area contributed by atoms with E-state index in [2.05, 4.69) is 5.16 Å². The molecule has 1 saturated carbocycles. The zero-order chi connectivity index (χ0) is 11.8. The van der Waals surface area contributed by atoms with Gasteiger partial charge in [-0.3, -0.25) is 4.79 Å².